The van der Waals surface area contributed by atoms with Crippen LogP contribution in [0, 0.1) is 10.8 Å². The molecule has 22 heavy (non-hydrogen) atoms. The van der Waals surface area contributed by atoms with Crippen molar-refractivity contribution in [1.29, 1.82) is 0 Å². The molecule has 1 rings (SSSR count). The molecule has 0 spiro atoms. The third-order valence-electron chi connectivity index (χ3n) is 4.94. The molecule has 5 nitrogen and oxygen atoms in total. The molecule has 1 heterocycles. The number of carbonyl (C=O) groups excluding carboxylic acids is 1. The lowest BCUT2D eigenvalue weighted by molar-refractivity contribution is -0.160. The van der Waals surface area contributed by atoms with Crippen LogP contribution in [0.3, 0.4) is 0 Å². The zero-order chi connectivity index (χ0) is 17.3. The summed E-state index contributed by atoms with van der Waals surface area (Å²) in [6, 6.07) is 0. The van der Waals surface area contributed by atoms with Gasteiger partial charge in [-0.2, -0.15) is 0 Å². The Bertz CT molecular complexity index is 466. The van der Waals surface area contributed by atoms with Crippen molar-refractivity contribution in [2.45, 2.75) is 60.0 Å². The van der Waals surface area contributed by atoms with Crippen LogP contribution in [0.4, 0.5) is 4.79 Å². The Hall–Kier alpha value is -1.52. The summed E-state index contributed by atoms with van der Waals surface area (Å²) in [6.07, 6.45) is 0.433. The van der Waals surface area contributed by atoms with E-state index in [-0.39, 0.29) is 6.09 Å². The number of hydrogen-bond acceptors (Lipinski definition) is 3. The largest absolute Gasteiger partial charge is 0.481 e. The Morgan fingerprint density at radius 3 is 1.91 bits per heavy atom. The summed E-state index contributed by atoms with van der Waals surface area (Å²) >= 11 is 0. The maximum absolute atomic E-state index is 12.1. The topological polar surface area (TPSA) is 66.8 Å². The van der Waals surface area contributed by atoms with E-state index in [0.717, 1.165) is 5.57 Å². The number of amides is 1. The van der Waals surface area contributed by atoms with Crippen molar-refractivity contribution >= 4 is 12.1 Å². The van der Waals surface area contributed by atoms with Crippen molar-refractivity contribution in [3.05, 3.63) is 12.2 Å². The minimum absolute atomic E-state index is 0.375. The third-order valence-corrected chi connectivity index (χ3v) is 4.94. The molecule has 0 aliphatic carbocycles. The maximum Gasteiger partial charge on any atom is 0.410 e. The van der Waals surface area contributed by atoms with Gasteiger partial charge in [0.2, 0.25) is 0 Å². The molecular formula is C17H29NO4. The van der Waals surface area contributed by atoms with Crippen molar-refractivity contribution < 1.29 is 19.4 Å². The lowest BCUT2D eigenvalue weighted by Gasteiger charge is -2.48. The highest BCUT2D eigenvalue weighted by Gasteiger charge is 2.53. The van der Waals surface area contributed by atoms with Gasteiger partial charge in [0.15, 0.2) is 0 Å². The van der Waals surface area contributed by atoms with Crippen LogP contribution in [0.2, 0.25) is 0 Å². The first-order valence-electron chi connectivity index (χ1n) is 7.71. The third kappa shape index (κ3) is 3.45. The van der Waals surface area contributed by atoms with Gasteiger partial charge in [0, 0.05) is 18.5 Å². The zero-order valence-electron chi connectivity index (χ0n) is 14.7. The van der Waals surface area contributed by atoms with Crippen LogP contribution in [-0.4, -0.2) is 40.8 Å². The van der Waals surface area contributed by atoms with E-state index < -0.39 is 22.4 Å². The molecule has 5 heteroatoms. The first-order valence-corrected chi connectivity index (χ1v) is 7.71. The molecular weight excluding hydrogens is 282 g/mol. The van der Waals surface area contributed by atoms with Crippen LogP contribution in [-0.2, 0) is 9.53 Å². The molecule has 1 aliphatic heterocycles. The Morgan fingerprint density at radius 2 is 1.59 bits per heavy atom. The minimum atomic E-state index is -0.892. The fourth-order valence-corrected chi connectivity index (χ4v) is 2.91. The molecule has 0 aromatic rings. The van der Waals surface area contributed by atoms with Crippen LogP contribution < -0.4 is 0 Å². The van der Waals surface area contributed by atoms with Gasteiger partial charge in [-0.05, 0) is 40.5 Å². The normalized spacial score (nSPS) is 18.7. The Morgan fingerprint density at radius 1 is 1.14 bits per heavy atom. The number of ether oxygens (including phenoxy) is 1. The highest BCUT2D eigenvalue weighted by molar-refractivity contribution is 5.77. The molecule has 0 saturated carbocycles. The van der Waals surface area contributed by atoms with Gasteiger partial charge in [-0.1, -0.05) is 26.0 Å². The number of aliphatic carboxylic acids is 1. The predicted molar refractivity (Wildman–Crippen MR) is 85.7 cm³/mol. The molecule has 0 aromatic carbocycles. The first kappa shape index (κ1) is 18.5. The predicted octanol–water partition coefficient (Wildman–Crippen LogP) is 3.69. The van der Waals surface area contributed by atoms with Gasteiger partial charge in [0.1, 0.15) is 5.60 Å². The first-order chi connectivity index (χ1) is 9.83. The Labute approximate surface area is 133 Å². The monoisotopic (exact) mass is 311 g/mol. The summed E-state index contributed by atoms with van der Waals surface area (Å²) in [5.74, 6) is -0.815. The standard InChI is InChI=1S/C17H29NO4/c1-12(2)16(6,7)17(13(19)20)8-10-18(11-9-17)14(21)22-15(3,4)5/h1,8-11H2,2-7H3,(H,19,20). The molecule has 1 N–H and O–H groups in total. The fraction of sp³-hybridized carbons (Fsp3) is 0.765. The summed E-state index contributed by atoms with van der Waals surface area (Å²) in [6.45, 7) is 15.9. The summed E-state index contributed by atoms with van der Waals surface area (Å²) in [5.41, 5.74) is -1.12. The molecule has 1 fully saturated rings. The molecule has 126 valence electrons. The average Bonchev–Trinajstić information content (AvgIpc) is 2.36. The number of carbonyl (C=O) groups is 2. The van der Waals surface area contributed by atoms with Crippen LogP contribution in [0.25, 0.3) is 0 Å². The van der Waals surface area contributed by atoms with Crippen LogP contribution >= 0.6 is 0 Å². The molecule has 1 amide bonds. The zero-order valence-corrected chi connectivity index (χ0v) is 14.7. The second kappa shape index (κ2) is 5.94. The van der Waals surface area contributed by atoms with E-state index >= 15 is 0 Å². The Kier molecular flexibility index (Phi) is 5.00. The van der Waals surface area contributed by atoms with Crippen molar-refractivity contribution in [2.75, 3.05) is 13.1 Å². The van der Waals surface area contributed by atoms with Crippen LogP contribution in [0.15, 0.2) is 12.2 Å². The van der Waals surface area contributed by atoms with Crippen LogP contribution in [0.1, 0.15) is 54.4 Å². The van der Waals surface area contributed by atoms with E-state index in [1.165, 1.54) is 0 Å². The number of rotatable bonds is 3. The number of hydrogen-bond donors (Lipinski definition) is 1. The van der Waals surface area contributed by atoms with E-state index in [9.17, 15) is 14.7 Å². The lowest BCUT2D eigenvalue weighted by Crippen LogP contribution is -2.54. The van der Waals surface area contributed by atoms with Crippen molar-refractivity contribution in [2.24, 2.45) is 10.8 Å². The number of carboxylic acid groups (broad SMARTS) is 1. The quantitative estimate of drug-likeness (QED) is 0.807. The Balaban J connectivity index is 2.90. The number of allylic oxidation sites excluding steroid dienone is 1. The SMILES string of the molecule is C=C(C)C(C)(C)C1(C(=O)O)CCN(C(=O)OC(C)(C)C)CC1. The molecule has 1 saturated heterocycles. The van der Waals surface area contributed by atoms with E-state index in [1.54, 1.807) is 4.90 Å². The van der Waals surface area contributed by atoms with E-state index in [0.29, 0.717) is 25.9 Å². The maximum atomic E-state index is 12.1. The van der Waals surface area contributed by atoms with Gasteiger partial charge in [-0.15, -0.1) is 0 Å². The summed E-state index contributed by atoms with van der Waals surface area (Å²) < 4.78 is 5.36. The van der Waals surface area contributed by atoms with E-state index in [4.69, 9.17) is 4.74 Å². The van der Waals surface area contributed by atoms with Gasteiger partial charge in [0.25, 0.3) is 0 Å². The molecule has 0 atom stereocenters. The van der Waals surface area contributed by atoms with Gasteiger partial charge in [-0.3, -0.25) is 4.79 Å². The second-order valence-electron chi connectivity index (χ2n) is 7.76. The smallest absolute Gasteiger partial charge is 0.410 e. The highest BCUT2D eigenvalue weighted by atomic mass is 16.6. The summed E-state index contributed by atoms with van der Waals surface area (Å²) in [5, 5.41) is 9.81. The number of nitrogens with zero attached hydrogens (tertiary/aromatic N) is 1. The number of piperidine rings is 1. The van der Waals surface area contributed by atoms with Crippen molar-refractivity contribution in [3.63, 3.8) is 0 Å². The van der Waals surface area contributed by atoms with Gasteiger partial charge < -0.3 is 14.7 Å². The fourth-order valence-electron chi connectivity index (χ4n) is 2.91. The van der Waals surface area contributed by atoms with Gasteiger partial charge in [0.05, 0.1) is 5.41 Å². The molecule has 1 aliphatic rings. The molecule has 0 unspecified atom stereocenters. The number of carboxylic acids is 1. The minimum Gasteiger partial charge on any atom is -0.481 e. The van der Waals surface area contributed by atoms with Gasteiger partial charge >= 0.3 is 12.1 Å². The molecule has 0 radical (unpaired) electrons. The highest BCUT2D eigenvalue weighted by Crippen LogP contribution is 2.51. The van der Waals surface area contributed by atoms with Crippen molar-refractivity contribution in [3.8, 4) is 0 Å². The molecule has 0 bridgehead atoms. The average molecular weight is 311 g/mol. The van der Waals surface area contributed by atoms with Crippen molar-refractivity contribution in [1.82, 2.24) is 4.90 Å². The molecule has 0 aromatic heterocycles. The van der Waals surface area contributed by atoms with E-state index in [2.05, 4.69) is 6.58 Å². The van der Waals surface area contributed by atoms with E-state index in [1.807, 2.05) is 41.5 Å². The number of likely N-dealkylation sites (tertiary alicyclic amines) is 1. The van der Waals surface area contributed by atoms with Crippen LogP contribution in [0.5, 0.6) is 0 Å². The summed E-state index contributed by atoms with van der Waals surface area (Å²) in [7, 11) is 0. The lowest BCUT2D eigenvalue weighted by atomic mass is 9.58. The second-order valence-corrected chi connectivity index (χ2v) is 7.76. The summed E-state index contributed by atoms with van der Waals surface area (Å²) in [4.78, 5) is 25.7. The van der Waals surface area contributed by atoms with Gasteiger partial charge in [-0.25, -0.2) is 4.79 Å².